The second-order valence-electron chi connectivity index (χ2n) is 13.4. The lowest BCUT2D eigenvalue weighted by atomic mass is 9.79. The van der Waals surface area contributed by atoms with Crippen molar-refractivity contribution in [2.24, 2.45) is 0 Å². The van der Waals surface area contributed by atoms with E-state index in [4.69, 9.17) is 0 Å². The van der Waals surface area contributed by atoms with E-state index in [1.807, 2.05) is 22.7 Å². The molecule has 0 amide bonds. The monoisotopic (exact) mass is 640 g/mol. The highest BCUT2D eigenvalue weighted by atomic mass is 32.1. The Morgan fingerprint density at radius 2 is 0.848 bits per heavy atom. The van der Waals surface area contributed by atoms with Crippen LogP contribution in [0, 0.1) is 0 Å². The molecule has 0 saturated carbocycles. The van der Waals surface area contributed by atoms with Gasteiger partial charge in [0.2, 0.25) is 0 Å². The summed E-state index contributed by atoms with van der Waals surface area (Å²) in [5.74, 6) is 0. The number of hydrogen-bond acceptors (Lipinski definition) is 2. The summed E-state index contributed by atoms with van der Waals surface area (Å²) >= 11 is 4.03. The summed E-state index contributed by atoms with van der Waals surface area (Å²) in [6.07, 6.45) is 17.9. The van der Waals surface area contributed by atoms with E-state index in [2.05, 4.69) is 98.8 Å². The predicted octanol–water partition coefficient (Wildman–Crippen LogP) is 13.6. The molecule has 0 unspecified atom stereocenters. The van der Waals surface area contributed by atoms with Crippen molar-refractivity contribution in [3.05, 3.63) is 117 Å². The summed E-state index contributed by atoms with van der Waals surface area (Å²) in [4.78, 5) is 3.00. The van der Waals surface area contributed by atoms with E-state index in [0.29, 0.717) is 0 Å². The third-order valence-corrected chi connectivity index (χ3v) is 12.6. The molecule has 0 aliphatic heterocycles. The molecule has 2 aromatic heterocycles. The van der Waals surface area contributed by atoms with Crippen molar-refractivity contribution in [3.8, 4) is 22.3 Å². The van der Waals surface area contributed by atoms with Gasteiger partial charge < -0.3 is 0 Å². The summed E-state index contributed by atoms with van der Waals surface area (Å²) < 4.78 is 2.95. The number of rotatable bonds is 16. The van der Waals surface area contributed by atoms with Crippen molar-refractivity contribution < 1.29 is 0 Å². The maximum atomic E-state index is 2.45. The van der Waals surface area contributed by atoms with Crippen LogP contribution in [0.4, 0.5) is 0 Å². The van der Waals surface area contributed by atoms with Crippen molar-refractivity contribution in [2.45, 2.75) is 104 Å². The summed E-state index contributed by atoms with van der Waals surface area (Å²) in [6.45, 7) is 4.52. The van der Waals surface area contributed by atoms with E-state index >= 15 is 0 Å². The average Bonchev–Trinajstić information content (AvgIpc) is 3.69. The lowest BCUT2D eigenvalue weighted by Crippen LogP contribution is -1.98. The van der Waals surface area contributed by atoms with Crippen LogP contribution in [0.2, 0.25) is 0 Å². The molecule has 236 valence electrons. The van der Waals surface area contributed by atoms with Gasteiger partial charge in [-0.3, -0.25) is 0 Å². The molecule has 0 fully saturated rings. The van der Waals surface area contributed by atoms with E-state index in [9.17, 15) is 0 Å². The van der Waals surface area contributed by atoms with Gasteiger partial charge in [-0.25, -0.2) is 0 Å². The van der Waals surface area contributed by atoms with E-state index in [-0.39, 0.29) is 0 Å². The van der Waals surface area contributed by atoms with E-state index in [1.165, 1.54) is 132 Å². The molecule has 6 aromatic rings. The second-order valence-corrected chi connectivity index (χ2v) is 15.7. The molecule has 0 N–H and O–H groups in total. The van der Waals surface area contributed by atoms with Crippen LogP contribution in [0.3, 0.4) is 0 Å². The molecule has 1 aliphatic carbocycles. The Labute approximate surface area is 284 Å². The minimum Gasteiger partial charge on any atom is -0.140 e. The highest BCUT2D eigenvalue weighted by Gasteiger charge is 2.28. The minimum absolute atomic E-state index is 1.11. The second kappa shape index (κ2) is 14.7. The normalized spacial score (nSPS) is 12.0. The van der Waals surface area contributed by atoms with Gasteiger partial charge in [-0.15, -0.1) is 22.7 Å². The van der Waals surface area contributed by atoms with E-state index in [1.54, 1.807) is 0 Å². The van der Waals surface area contributed by atoms with Gasteiger partial charge in [0.25, 0.3) is 0 Å². The molecular formula is C44H48S2. The van der Waals surface area contributed by atoms with Gasteiger partial charge in [-0.2, -0.15) is 0 Å². The third-order valence-electron chi connectivity index (χ3n) is 10.1. The third kappa shape index (κ3) is 6.90. The predicted molar refractivity (Wildman–Crippen MR) is 205 cm³/mol. The number of fused-ring (bicyclic) bond motifs is 8. The fourth-order valence-electron chi connectivity index (χ4n) is 7.26. The zero-order valence-electron chi connectivity index (χ0n) is 27.8. The molecule has 46 heavy (non-hydrogen) atoms. The number of benzene rings is 4. The molecule has 1 aliphatic rings. The van der Waals surface area contributed by atoms with E-state index in [0.717, 1.165) is 32.1 Å². The Hall–Kier alpha value is -3.20. The summed E-state index contributed by atoms with van der Waals surface area (Å²) in [6, 6.07) is 33.1. The van der Waals surface area contributed by atoms with Crippen LogP contribution in [0.1, 0.15) is 97.2 Å². The van der Waals surface area contributed by atoms with Gasteiger partial charge in [0.1, 0.15) is 0 Å². The van der Waals surface area contributed by atoms with Gasteiger partial charge >= 0.3 is 0 Å². The molecule has 7 rings (SSSR count). The Kier molecular flexibility index (Phi) is 10.0. The standard InChI is InChI=1S/C44H48S2/c1-3-5-6-7-8-9-10-11-12-32-17-19-34(20-18-32)22-26-38-30-36-24-28-40-41-39(42(40)44(36)46-38)27-23-35-29-37(45-43(35)41)25-21-33-15-13-31(4-2)14-16-33/h13-20,23-24,27-30H,3-12,21-22,25-26H2,1-2H3. The highest BCUT2D eigenvalue weighted by Crippen LogP contribution is 2.56. The molecular weight excluding hydrogens is 593 g/mol. The lowest BCUT2D eigenvalue weighted by Gasteiger charge is -2.25. The van der Waals surface area contributed by atoms with Crippen molar-refractivity contribution in [1.82, 2.24) is 0 Å². The van der Waals surface area contributed by atoms with Crippen LogP contribution in [-0.4, -0.2) is 0 Å². The molecule has 2 heterocycles. The summed E-state index contributed by atoms with van der Waals surface area (Å²) in [7, 11) is 0. The number of hydrogen-bond donors (Lipinski definition) is 0. The minimum atomic E-state index is 1.11. The fraction of sp³-hybridized carbons (Fsp3) is 0.364. The zero-order valence-corrected chi connectivity index (χ0v) is 29.4. The topological polar surface area (TPSA) is 0 Å². The van der Waals surface area contributed by atoms with Crippen LogP contribution in [0.25, 0.3) is 42.4 Å². The maximum Gasteiger partial charge on any atom is 0.0430 e. The molecule has 0 bridgehead atoms. The van der Waals surface area contributed by atoms with Gasteiger partial charge in [-0.1, -0.05) is 132 Å². The van der Waals surface area contributed by atoms with Gasteiger partial charge in [0, 0.05) is 30.3 Å². The largest absolute Gasteiger partial charge is 0.140 e. The Bertz CT molecular complexity index is 1900. The maximum absolute atomic E-state index is 2.45. The van der Waals surface area contributed by atoms with Crippen LogP contribution in [0.5, 0.6) is 0 Å². The van der Waals surface area contributed by atoms with Gasteiger partial charge in [0.15, 0.2) is 0 Å². The first-order chi connectivity index (χ1) is 22.7. The van der Waals surface area contributed by atoms with Crippen molar-refractivity contribution in [3.63, 3.8) is 0 Å². The molecule has 0 radical (unpaired) electrons. The SMILES string of the molecule is CCCCCCCCCCc1ccc(CCc2cc3ccc4c(c3s2)-c2ccc3cc(CCc5ccc(CC)cc5)sc3c2-4)cc1. The van der Waals surface area contributed by atoms with Crippen LogP contribution in [0.15, 0.2) is 84.9 Å². The Morgan fingerprint density at radius 1 is 0.413 bits per heavy atom. The number of unbranched alkanes of at least 4 members (excludes halogenated alkanes) is 7. The number of aryl methyl sites for hydroxylation is 6. The first-order valence-electron chi connectivity index (χ1n) is 18.0. The van der Waals surface area contributed by atoms with Gasteiger partial charge in [0.05, 0.1) is 0 Å². The number of thiophene rings is 2. The first-order valence-corrected chi connectivity index (χ1v) is 19.6. The van der Waals surface area contributed by atoms with Crippen molar-refractivity contribution in [1.29, 1.82) is 0 Å². The fourth-order valence-corrected chi connectivity index (χ4v) is 9.70. The zero-order chi connectivity index (χ0) is 31.3. The van der Waals surface area contributed by atoms with E-state index < -0.39 is 0 Å². The first kappa shape index (κ1) is 31.4. The lowest BCUT2D eigenvalue weighted by molar-refractivity contribution is 0.575. The Morgan fingerprint density at radius 3 is 1.33 bits per heavy atom. The smallest absolute Gasteiger partial charge is 0.0430 e. The van der Waals surface area contributed by atoms with Gasteiger partial charge in [-0.05, 0) is 101 Å². The summed E-state index contributed by atoms with van der Waals surface area (Å²) in [5.41, 5.74) is 11.7. The quantitative estimate of drug-likeness (QED) is 0.0922. The molecule has 0 atom stereocenters. The van der Waals surface area contributed by atoms with Crippen LogP contribution in [-0.2, 0) is 38.5 Å². The van der Waals surface area contributed by atoms with Crippen molar-refractivity contribution in [2.75, 3.05) is 0 Å². The van der Waals surface area contributed by atoms with Crippen molar-refractivity contribution >= 4 is 42.8 Å². The van der Waals surface area contributed by atoms with Crippen LogP contribution >= 0.6 is 22.7 Å². The summed E-state index contributed by atoms with van der Waals surface area (Å²) in [5, 5.41) is 2.81. The molecule has 2 heteroatoms. The van der Waals surface area contributed by atoms with Crippen LogP contribution < -0.4 is 0 Å². The average molecular weight is 641 g/mol. The molecule has 0 spiro atoms. The Balaban J connectivity index is 0.960. The molecule has 0 nitrogen and oxygen atoms in total. The molecule has 4 aromatic carbocycles. The molecule has 0 saturated heterocycles. The highest BCUT2D eigenvalue weighted by molar-refractivity contribution is 7.20.